The summed E-state index contributed by atoms with van der Waals surface area (Å²) in [5, 5.41) is 8.16. The molecule has 1 aromatic rings. The number of aryl methyl sites for hydroxylation is 1. The third-order valence-electron chi connectivity index (χ3n) is 2.05. The topological polar surface area (TPSA) is 37.3 Å². The first-order valence-corrected chi connectivity index (χ1v) is 4.67. The van der Waals surface area contributed by atoms with Crippen molar-refractivity contribution in [2.45, 2.75) is 19.3 Å². The molecule has 0 bridgehead atoms. The molecule has 0 radical (unpaired) electrons. The second-order valence-electron chi connectivity index (χ2n) is 3.38. The van der Waals surface area contributed by atoms with Gasteiger partial charge in [-0.25, -0.2) is 9.18 Å². The standard InChI is InChI=1S/C10H8ClF3O2/c1-5-2-7(11)6(3-8(5)12)4-10(13,14)9(15)16/h2-3H,4H2,1H3,(H,15,16). The Morgan fingerprint density at radius 1 is 1.50 bits per heavy atom. The predicted molar refractivity (Wildman–Crippen MR) is 52.4 cm³/mol. The van der Waals surface area contributed by atoms with Crippen molar-refractivity contribution >= 4 is 17.6 Å². The van der Waals surface area contributed by atoms with Gasteiger partial charge < -0.3 is 5.11 Å². The van der Waals surface area contributed by atoms with Gasteiger partial charge in [0, 0.05) is 11.4 Å². The number of carboxylic acids is 1. The van der Waals surface area contributed by atoms with Crippen LogP contribution in [0.15, 0.2) is 12.1 Å². The zero-order valence-corrected chi connectivity index (χ0v) is 8.99. The monoisotopic (exact) mass is 252 g/mol. The van der Waals surface area contributed by atoms with Gasteiger partial charge in [-0.3, -0.25) is 0 Å². The Labute approximate surface area is 94.6 Å². The van der Waals surface area contributed by atoms with Gasteiger partial charge in [0.05, 0.1) is 0 Å². The minimum Gasteiger partial charge on any atom is -0.477 e. The lowest BCUT2D eigenvalue weighted by Crippen LogP contribution is -2.30. The van der Waals surface area contributed by atoms with Crippen molar-refractivity contribution in [1.29, 1.82) is 0 Å². The minimum absolute atomic E-state index is 0.0696. The number of hydrogen-bond donors (Lipinski definition) is 1. The zero-order valence-electron chi connectivity index (χ0n) is 8.23. The number of alkyl halides is 2. The van der Waals surface area contributed by atoms with Gasteiger partial charge in [0.1, 0.15) is 5.82 Å². The lowest BCUT2D eigenvalue weighted by atomic mass is 10.0. The van der Waals surface area contributed by atoms with Crippen LogP contribution in [0.3, 0.4) is 0 Å². The summed E-state index contributed by atoms with van der Waals surface area (Å²) in [5.41, 5.74) is -0.00967. The maximum atomic E-state index is 13.1. The third kappa shape index (κ3) is 2.66. The van der Waals surface area contributed by atoms with Gasteiger partial charge in [-0.1, -0.05) is 11.6 Å². The van der Waals surface area contributed by atoms with E-state index < -0.39 is 24.1 Å². The quantitative estimate of drug-likeness (QED) is 0.898. The average Bonchev–Trinajstić information content (AvgIpc) is 2.13. The van der Waals surface area contributed by atoms with Gasteiger partial charge in [0.25, 0.3) is 0 Å². The van der Waals surface area contributed by atoms with Gasteiger partial charge in [-0.05, 0) is 30.2 Å². The van der Waals surface area contributed by atoms with E-state index >= 15 is 0 Å². The van der Waals surface area contributed by atoms with Crippen molar-refractivity contribution in [3.8, 4) is 0 Å². The number of hydrogen-bond acceptors (Lipinski definition) is 1. The van der Waals surface area contributed by atoms with Crippen molar-refractivity contribution in [3.05, 3.63) is 34.1 Å². The van der Waals surface area contributed by atoms with Crippen LogP contribution in [0.4, 0.5) is 13.2 Å². The van der Waals surface area contributed by atoms with Crippen LogP contribution in [0.2, 0.25) is 5.02 Å². The molecule has 0 spiro atoms. The summed E-state index contributed by atoms with van der Waals surface area (Å²) in [5.74, 6) is -6.91. The number of rotatable bonds is 3. The Balaban J connectivity index is 3.07. The molecule has 0 aliphatic heterocycles. The van der Waals surface area contributed by atoms with E-state index in [1.165, 1.54) is 13.0 Å². The fourth-order valence-electron chi connectivity index (χ4n) is 1.14. The third-order valence-corrected chi connectivity index (χ3v) is 2.40. The normalized spacial score (nSPS) is 11.6. The maximum Gasteiger partial charge on any atom is 0.374 e. The number of carbonyl (C=O) groups is 1. The molecule has 1 aromatic carbocycles. The smallest absolute Gasteiger partial charge is 0.374 e. The summed E-state index contributed by atoms with van der Waals surface area (Å²) in [6.07, 6.45) is -1.13. The summed E-state index contributed by atoms with van der Waals surface area (Å²) in [4.78, 5) is 10.2. The van der Waals surface area contributed by atoms with E-state index in [4.69, 9.17) is 16.7 Å². The highest BCUT2D eigenvalue weighted by molar-refractivity contribution is 6.31. The molecule has 2 nitrogen and oxygen atoms in total. The first kappa shape index (κ1) is 12.8. The largest absolute Gasteiger partial charge is 0.477 e. The van der Waals surface area contributed by atoms with Gasteiger partial charge >= 0.3 is 11.9 Å². The first-order chi connectivity index (χ1) is 7.24. The Kier molecular flexibility index (Phi) is 3.48. The van der Waals surface area contributed by atoms with Crippen LogP contribution in [0, 0.1) is 12.7 Å². The van der Waals surface area contributed by atoms with E-state index in [1.54, 1.807) is 0 Å². The average molecular weight is 253 g/mol. The second-order valence-corrected chi connectivity index (χ2v) is 3.79. The van der Waals surface area contributed by atoms with E-state index in [2.05, 4.69) is 0 Å². The summed E-state index contributed by atoms with van der Waals surface area (Å²) in [7, 11) is 0. The number of carboxylic acid groups (broad SMARTS) is 1. The van der Waals surface area contributed by atoms with E-state index in [0.29, 0.717) is 0 Å². The molecule has 0 saturated heterocycles. The molecule has 0 atom stereocenters. The van der Waals surface area contributed by atoms with Gasteiger partial charge in [-0.2, -0.15) is 8.78 Å². The molecule has 0 saturated carbocycles. The molecule has 6 heteroatoms. The molecule has 0 aromatic heterocycles. The summed E-state index contributed by atoms with van der Waals surface area (Å²) >= 11 is 5.62. The van der Waals surface area contributed by atoms with E-state index in [1.807, 2.05) is 0 Å². The summed E-state index contributed by atoms with van der Waals surface area (Å²) in [6.45, 7) is 1.43. The molecular weight excluding hydrogens is 245 g/mol. The lowest BCUT2D eigenvalue weighted by molar-refractivity contribution is -0.164. The molecule has 0 fully saturated rings. The summed E-state index contributed by atoms with van der Waals surface area (Å²) in [6, 6.07) is 2.01. The highest BCUT2D eigenvalue weighted by atomic mass is 35.5. The minimum atomic E-state index is -3.95. The van der Waals surface area contributed by atoms with Crippen LogP contribution in [0.25, 0.3) is 0 Å². The summed E-state index contributed by atoms with van der Waals surface area (Å²) < 4.78 is 38.8. The first-order valence-electron chi connectivity index (χ1n) is 4.30. The number of aliphatic carboxylic acids is 1. The molecular formula is C10H8ClF3O2. The Hall–Kier alpha value is -1.23. The highest BCUT2D eigenvalue weighted by Gasteiger charge is 2.39. The van der Waals surface area contributed by atoms with Crippen LogP contribution in [0.1, 0.15) is 11.1 Å². The number of halogens is 4. The van der Waals surface area contributed by atoms with E-state index in [0.717, 1.165) is 6.07 Å². The Morgan fingerprint density at radius 3 is 2.56 bits per heavy atom. The van der Waals surface area contributed by atoms with Gasteiger partial charge in [0.15, 0.2) is 0 Å². The van der Waals surface area contributed by atoms with Crippen molar-refractivity contribution in [2.75, 3.05) is 0 Å². The molecule has 0 unspecified atom stereocenters. The van der Waals surface area contributed by atoms with Crippen LogP contribution < -0.4 is 0 Å². The zero-order chi connectivity index (χ0) is 12.5. The maximum absolute atomic E-state index is 13.1. The SMILES string of the molecule is Cc1cc(Cl)c(CC(F)(F)C(=O)O)cc1F. The van der Waals surface area contributed by atoms with Gasteiger partial charge in [-0.15, -0.1) is 0 Å². The predicted octanol–water partition coefficient (Wildman–Crippen LogP) is 3.05. The molecule has 16 heavy (non-hydrogen) atoms. The van der Waals surface area contributed by atoms with Crippen LogP contribution in [-0.4, -0.2) is 17.0 Å². The molecule has 0 heterocycles. The molecule has 0 aliphatic rings. The molecule has 88 valence electrons. The van der Waals surface area contributed by atoms with Crippen LogP contribution in [0.5, 0.6) is 0 Å². The van der Waals surface area contributed by atoms with Crippen LogP contribution in [-0.2, 0) is 11.2 Å². The fourth-order valence-corrected chi connectivity index (χ4v) is 1.42. The van der Waals surface area contributed by atoms with Crippen LogP contribution >= 0.6 is 11.6 Å². The van der Waals surface area contributed by atoms with Crippen molar-refractivity contribution in [3.63, 3.8) is 0 Å². The molecule has 1 N–H and O–H groups in total. The fraction of sp³-hybridized carbons (Fsp3) is 0.300. The molecule has 1 rings (SSSR count). The molecule has 0 amide bonds. The van der Waals surface area contributed by atoms with Gasteiger partial charge in [0.2, 0.25) is 0 Å². The van der Waals surface area contributed by atoms with E-state index in [9.17, 15) is 18.0 Å². The highest BCUT2D eigenvalue weighted by Crippen LogP contribution is 2.27. The Bertz CT molecular complexity index is 432. The van der Waals surface area contributed by atoms with Crippen molar-refractivity contribution in [2.24, 2.45) is 0 Å². The number of benzene rings is 1. The van der Waals surface area contributed by atoms with E-state index in [-0.39, 0.29) is 16.1 Å². The van der Waals surface area contributed by atoms with Crippen molar-refractivity contribution in [1.82, 2.24) is 0 Å². The van der Waals surface area contributed by atoms with Crippen molar-refractivity contribution < 1.29 is 23.1 Å². The Morgan fingerprint density at radius 2 is 2.06 bits per heavy atom. The second kappa shape index (κ2) is 4.33. The lowest BCUT2D eigenvalue weighted by Gasteiger charge is -2.12. The molecule has 0 aliphatic carbocycles.